The van der Waals surface area contributed by atoms with Crippen LogP contribution in [0, 0.1) is 5.82 Å². The van der Waals surface area contributed by atoms with E-state index in [1.807, 2.05) is 0 Å². The third-order valence-electron chi connectivity index (χ3n) is 4.43. The van der Waals surface area contributed by atoms with Gasteiger partial charge < -0.3 is 14.8 Å². The van der Waals surface area contributed by atoms with Gasteiger partial charge in [0.15, 0.2) is 6.61 Å². The lowest BCUT2D eigenvalue weighted by Gasteiger charge is -2.26. The molecule has 11 heteroatoms. The van der Waals surface area contributed by atoms with Gasteiger partial charge in [0, 0.05) is 24.9 Å². The maximum absolute atomic E-state index is 12.9. The third-order valence-corrected chi connectivity index (χ3v) is 6.81. The number of sulfonamides is 1. The fourth-order valence-corrected chi connectivity index (χ4v) is 4.73. The Bertz CT molecular complexity index is 1120. The predicted molar refractivity (Wildman–Crippen MR) is 116 cm³/mol. The molecule has 0 aromatic heterocycles. The predicted octanol–water partition coefficient (Wildman–Crippen LogP) is 2.70. The maximum Gasteiger partial charge on any atom is 0.331 e. The molecule has 0 radical (unpaired) electrons. The Hall–Kier alpha value is -2.79. The lowest BCUT2D eigenvalue weighted by Crippen LogP contribution is -2.40. The molecule has 2 aromatic carbocycles. The number of nitrogens with one attached hydrogen (secondary N) is 1. The van der Waals surface area contributed by atoms with Crippen molar-refractivity contribution in [2.24, 2.45) is 0 Å². The van der Waals surface area contributed by atoms with Crippen molar-refractivity contribution in [3.63, 3.8) is 0 Å². The van der Waals surface area contributed by atoms with Crippen LogP contribution in [0.25, 0.3) is 6.08 Å². The Balaban J connectivity index is 1.58. The highest BCUT2D eigenvalue weighted by Gasteiger charge is 2.28. The lowest BCUT2D eigenvalue weighted by molar-refractivity contribution is -0.142. The lowest BCUT2D eigenvalue weighted by atomic mass is 10.2. The first kappa shape index (κ1) is 23.9. The number of carbonyl (C=O) groups excluding carboxylic acids is 2. The van der Waals surface area contributed by atoms with Gasteiger partial charge in [-0.3, -0.25) is 4.79 Å². The number of hydrogen-bond acceptors (Lipinski definition) is 6. The minimum Gasteiger partial charge on any atom is -0.452 e. The van der Waals surface area contributed by atoms with Crippen LogP contribution in [0.4, 0.5) is 10.1 Å². The van der Waals surface area contributed by atoms with Crippen LogP contribution >= 0.6 is 11.6 Å². The second-order valence-corrected chi connectivity index (χ2v) is 9.02. The molecule has 0 saturated carbocycles. The Morgan fingerprint density at radius 1 is 1.16 bits per heavy atom. The Kier molecular flexibility index (Phi) is 7.97. The van der Waals surface area contributed by atoms with Crippen molar-refractivity contribution in [2.75, 3.05) is 38.2 Å². The highest BCUT2D eigenvalue weighted by molar-refractivity contribution is 7.89. The summed E-state index contributed by atoms with van der Waals surface area (Å²) in [5.74, 6) is -1.83. The number of nitrogens with zero attached hydrogens (tertiary/aromatic N) is 1. The number of morpholine rings is 1. The minimum atomic E-state index is -3.86. The van der Waals surface area contributed by atoms with Crippen molar-refractivity contribution < 1.29 is 31.9 Å². The van der Waals surface area contributed by atoms with Gasteiger partial charge in [0.1, 0.15) is 10.7 Å². The van der Waals surface area contributed by atoms with E-state index >= 15 is 0 Å². The number of anilines is 1. The zero-order chi connectivity index (χ0) is 23.1. The second kappa shape index (κ2) is 10.7. The van der Waals surface area contributed by atoms with Crippen LogP contribution in [0.1, 0.15) is 5.56 Å². The summed E-state index contributed by atoms with van der Waals surface area (Å²) in [4.78, 5) is 23.7. The number of amides is 1. The van der Waals surface area contributed by atoms with E-state index in [9.17, 15) is 22.4 Å². The summed E-state index contributed by atoms with van der Waals surface area (Å²) in [5, 5.41) is 2.49. The molecule has 1 heterocycles. The van der Waals surface area contributed by atoms with Crippen molar-refractivity contribution in [3.8, 4) is 0 Å². The highest BCUT2D eigenvalue weighted by Crippen LogP contribution is 2.28. The Labute approximate surface area is 189 Å². The topological polar surface area (TPSA) is 102 Å². The van der Waals surface area contributed by atoms with Crippen molar-refractivity contribution in [1.82, 2.24) is 4.31 Å². The van der Waals surface area contributed by atoms with E-state index in [2.05, 4.69) is 5.32 Å². The summed E-state index contributed by atoms with van der Waals surface area (Å²) in [6, 6.07) is 9.51. The molecular weight excluding hydrogens is 463 g/mol. The van der Waals surface area contributed by atoms with Gasteiger partial charge in [-0.25, -0.2) is 17.6 Å². The van der Waals surface area contributed by atoms with Crippen LogP contribution in [-0.2, 0) is 29.1 Å². The van der Waals surface area contributed by atoms with Crippen LogP contribution in [0.15, 0.2) is 53.4 Å². The number of ether oxygens (including phenoxy) is 2. The molecule has 1 aliphatic heterocycles. The first-order valence-corrected chi connectivity index (χ1v) is 11.4. The van der Waals surface area contributed by atoms with Crippen LogP contribution in [-0.4, -0.2) is 57.5 Å². The molecule has 0 bridgehead atoms. The number of rotatable bonds is 7. The molecular formula is C21H20ClFN2O6S. The summed E-state index contributed by atoms with van der Waals surface area (Å²) >= 11 is 6.09. The summed E-state index contributed by atoms with van der Waals surface area (Å²) in [5.41, 5.74) is 0.770. The summed E-state index contributed by atoms with van der Waals surface area (Å²) < 4.78 is 49.9. The Morgan fingerprint density at radius 3 is 2.53 bits per heavy atom. The van der Waals surface area contributed by atoms with Crippen molar-refractivity contribution in [2.45, 2.75) is 4.90 Å². The molecule has 32 heavy (non-hydrogen) atoms. The van der Waals surface area contributed by atoms with Crippen LogP contribution in [0.3, 0.4) is 0 Å². The zero-order valence-corrected chi connectivity index (χ0v) is 18.4. The number of carbonyl (C=O) groups is 2. The number of esters is 1. The van der Waals surface area contributed by atoms with Gasteiger partial charge in [-0.05, 0) is 42.0 Å². The van der Waals surface area contributed by atoms with Crippen molar-refractivity contribution in [3.05, 3.63) is 64.9 Å². The van der Waals surface area contributed by atoms with Gasteiger partial charge in [0.25, 0.3) is 5.91 Å². The fourth-order valence-electron chi connectivity index (χ4n) is 2.82. The quantitative estimate of drug-likeness (QED) is 0.481. The molecule has 1 aliphatic rings. The molecule has 1 amide bonds. The summed E-state index contributed by atoms with van der Waals surface area (Å²) in [6.07, 6.45) is 2.53. The highest BCUT2D eigenvalue weighted by atomic mass is 35.5. The molecule has 170 valence electrons. The smallest absolute Gasteiger partial charge is 0.331 e. The molecule has 1 N–H and O–H groups in total. The summed E-state index contributed by atoms with van der Waals surface area (Å²) in [6.45, 7) is 0.399. The minimum absolute atomic E-state index is 0.0202. The third kappa shape index (κ3) is 6.36. The molecule has 0 unspecified atom stereocenters. The zero-order valence-electron chi connectivity index (χ0n) is 16.8. The molecule has 3 rings (SSSR count). The Morgan fingerprint density at radius 2 is 1.84 bits per heavy atom. The number of hydrogen-bond donors (Lipinski definition) is 1. The van der Waals surface area contributed by atoms with E-state index in [-0.39, 0.29) is 41.9 Å². The average Bonchev–Trinajstić information content (AvgIpc) is 2.79. The van der Waals surface area contributed by atoms with Gasteiger partial charge >= 0.3 is 5.97 Å². The van der Waals surface area contributed by atoms with Crippen LogP contribution in [0.2, 0.25) is 5.02 Å². The first-order valence-electron chi connectivity index (χ1n) is 9.53. The van der Waals surface area contributed by atoms with E-state index in [4.69, 9.17) is 21.1 Å². The number of halogens is 2. The molecule has 1 saturated heterocycles. The first-order chi connectivity index (χ1) is 15.3. The normalized spacial score (nSPS) is 14.9. The second-order valence-electron chi connectivity index (χ2n) is 6.70. The average molecular weight is 483 g/mol. The van der Waals surface area contributed by atoms with Crippen molar-refractivity contribution in [1.29, 1.82) is 0 Å². The summed E-state index contributed by atoms with van der Waals surface area (Å²) in [7, 11) is -3.86. The largest absolute Gasteiger partial charge is 0.452 e. The van der Waals surface area contributed by atoms with Gasteiger partial charge in [0.2, 0.25) is 10.0 Å². The van der Waals surface area contributed by atoms with E-state index in [0.29, 0.717) is 5.56 Å². The molecule has 0 atom stereocenters. The maximum atomic E-state index is 12.9. The molecule has 0 spiro atoms. The van der Waals surface area contributed by atoms with E-state index in [0.717, 1.165) is 6.08 Å². The van der Waals surface area contributed by atoms with Crippen LogP contribution < -0.4 is 5.32 Å². The van der Waals surface area contributed by atoms with E-state index < -0.39 is 34.3 Å². The van der Waals surface area contributed by atoms with E-state index in [1.54, 1.807) is 0 Å². The molecule has 8 nitrogen and oxygen atoms in total. The SMILES string of the molecule is O=C(COC(=O)/C=C/c1ccc(F)cc1)Nc1ccc(Cl)c(S(=O)(=O)N2CCOCC2)c1. The van der Waals surface area contributed by atoms with Gasteiger partial charge in [0.05, 0.1) is 18.2 Å². The van der Waals surface area contributed by atoms with Crippen molar-refractivity contribution >= 4 is 45.3 Å². The fraction of sp³-hybridized carbons (Fsp3) is 0.238. The molecule has 2 aromatic rings. The number of benzene rings is 2. The van der Waals surface area contributed by atoms with Gasteiger partial charge in [-0.15, -0.1) is 0 Å². The standard InChI is InChI=1S/C21H20ClFN2O6S/c22-18-7-6-17(13-19(18)32(28,29)25-9-11-30-12-10-25)24-20(26)14-31-21(27)8-3-15-1-4-16(23)5-2-15/h1-8,13H,9-12,14H2,(H,24,26)/b8-3+. The molecule has 0 aliphatic carbocycles. The van der Waals surface area contributed by atoms with Gasteiger partial charge in [-0.1, -0.05) is 23.7 Å². The van der Waals surface area contributed by atoms with Gasteiger partial charge in [-0.2, -0.15) is 4.31 Å². The van der Waals surface area contributed by atoms with Crippen LogP contribution in [0.5, 0.6) is 0 Å². The van der Waals surface area contributed by atoms with E-state index in [1.165, 1.54) is 52.8 Å². The monoisotopic (exact) mass is 482 g/mol. The molecule has 1 fully saturated rings.